The maximum Gasteiger partial charge on any atom is 0.250 e. The number of carbonyl (C=O) groups is 1. The minimum absolute atomic E-state index is 0.173. The Balaban J connectivity index is 1.96. The lowest BCUT2D eigenvalue weighted by Gasteiger charge is -2.07. The summed E-state index contributed by atoms with van der Waals surface area (Å²) in [6.07, 6.45) is 0. The molecule has 0 radical (unpaired) electrons. The van der Waals surface area contributed by atoms with E-state index in [1.807, 2.05) is 0 Å². The van der Waals surface area contributed by atoms with Gasteiger partial charge < -0.3 is 5.32 Å². The number of rotatable bonds is 5. The first-order valence-corrected chi connectivity index (χ1v) is 9.14. The fraction of sp³-hybridized carbons (Fsp3) is 0.154. The topological polar surface area (TPSA) is 75.3 Å². The van der Waals surface area contributed by atoms with Gasteiger partial charge in [0.25, 0.3) is 10.0 Å². The van der Waals surface area contributed by atoms with E-state index >= 15 is 0 Å². The van der Waals surface area contributed by atoms with Crippen LogP contribution in [0.25, 0.3) is 0 Å². The lowest BCUT2D eigenvalue weighted by Crippen LogP contribution is -2.32. The van der Waals surface area contributed by atoms with Gasteiger partial charge in [-0.3, -0.25) is 4.79 Å². The molecular formula is C13H12Cl2N2O3S2. The number of anilines is 1. The molecule has 1 aromatic carbocycles. The van der Waals surface area contributed by atoms with E-state index in [0.29, 0.717) is 15.7 Å². The van der Waals surface area contributed by atoms with Crippen LogP contribution in [-0.2, 0) is 14.8 Å². The van der Waals surface area contributed by atoms with E-state index in [2.05, 4.69) is 10.0 Å². The molecule has 2 aromatic rings. The van der Waals surface area contributed by atoms with Crippen molar-refractivity contribution in [1.82, 2.24) is 4.72 Å². The van der Waals surface area contributed by atoms with E-state index in [-0.39, 0.29) is 10.8 Å². The maximum absolute atomic E-state index is 12.0. The molecule has 1 aromatic heterocycles. The molecule has 118 valence electrons. The molecule has 0 unspecified atom stereocenters. The van der Waals surface area contributed by atoms with E-state index < -0.39 is 15.9 Å². The molecule has 1 heterocycles. The Morgan fingerprint density at radius 3 is 2.50 bits per heavy atom. The van der Waals surface area contributed by atoms with Crippen molar-refractivity contribution in [3.8, 4) is 0 Å². The summed E-state index contributed by atoms with van der Waals surface area (Å²) < 4.78 is 26.4. The highest BCUT2D eigenvalue weighted by Gasteiger charge is 2.17. The minimum atomic E-state index is -3.68. The van der Waals surface area contributed by atoms with Gasteiger partial charge in [0.2, 0.25) is 5.91 Å². The van der Waals surface area contributed by atoms with Crippen molar-refractivity contribution in [1.29, 1.82) is 0 Å². The number of hydrogen-bond acceptors (Lipinski definition) is 4. The van der Waals surface area contributed by atoms with Gasteiger partial charge in [-0.2, -0.15) is 0 Å². The molecule has 22 heavy (non-hydrogen) atoms. The van der Waals surface area contributed by atoms with E-state index in [4.69, 9.17) is 23.2 Å². The average Bonchev–Trinajstić information content (AvgIpc) is 2.88. The van der Waals surface area contributed by atoms with Gasteiger partial charge in [-0.05, 0) is 37.3 Å². The van der Waals surface area contributed by atoms with Crippen LogP contribution in [0, 0.1) is 6.92 Å². The zero-order valence-electron chi connectivity index (χ0n) is 11.4. The van der Waals surface area contributed by atoms with Gasteiger partial charge in [-0.1, -0.05) is 23.2 Å². The summed E-state index contributed by atoms with van der Waals surface area (Å²) in [5.41, 5.74) is 0.436. The number of amides is 1. The zero-order chi connectivity index (χ0) is 16.3. The Kier molecular flexibility index (Phi) is 5.46. The molecule has 2 rings (SSSR count). The number of halogens is 2. The van der Waals surface area contributed by atoms with Crippen molar-refractivity contribution < 1.29 is 13.2 Å². The van der Waals surface area contributed by atoms with Crippen molar-refractivity contribution in [2.24, 2.45) is 0 Å². The van der Waals surface area contributed by atoms with Crippen molar-refractivity contribution in [3.05, 3.63) is 45.3 Å². The Labute approximate surface area is 142 Å². The summed E-state index contributed by atoms with van der Waals surface area (Å²) >= 11 is 12.7. The van der Waals surface area contributed by atoms with Crippen LogP contribution >= 0.6 is 34.5 Å². The third-order valence-corrected chi connectivity index (χ3v) is 6.24. The fourth-order valence-corrected chi connectivity index (χ4v) is 4.18. The van der Waals surface area contributed by atoms with Crippen LogP contribution in [0.3, 0.4) is 0 Å². The van der Waals surface area contributed by atoms with Crippen LogP contribution in [0.1, 0.15) is 4.88 Å². The standard InChI is InChI=1S/C13H12Cl2N2O3S2/c1-8-2-5-13(21-8)22(19,20)16-7-12(18)17-9-3-4-10(14)11(15)6-9/h2-6,16H,7H2,1H3,(H,17,18). The van der Waals surface area contributed by atoms with Gasteiger partial charge >= 0.3 is 0 Å². The molecule has 0 aliphatic carbocycles. The smallest absolute Gasteiger partial charge is 0.250 e. The van der Waals surface area contributed by atoms with Crippen molar-refractivity contribution in [2.75, 3.05) is 11.9 Å². The normalized spacial score (nSPS) is 11.4. The lowest BCUT2D eigenvalue weighted by molar-refractivity contribution is -0.115. The highest BCUT2D eigenvalue weighted by atomic mass is 35.5. The Bertz CT molecular complexity index is 803. The van der Waals surface area contributed by atoms with E-state index in [9.17, 15) is 13.2 Å². The van der Waals surface area contributed by atoms with Crippen LogP contribution in [-0.4, -0.2) is 20.9 Å². The van der Waals surface area contributed by atoms with Crippen LogP contribution in [0.4, 0.5) is 5.69 Å². The predicted molar refractivity (Wildman–Crippen MR) is 89.3 cm³/mol. The van der Waals surface area contributed by atoms with Gasteiger partial charge in [0, 0.05) is 10.6 Å². The van der Waals surface area contributed by atoms with Gasteiger partial charge in [-0.15, -0.1) is 11.3 Å². The fourth-order valence-electron chi connectivity index (χ4n) is 1.57. The molecule has 2 N–H and O–H groups in total. The molecule has 0 aliphatic heterocycles. The number of aryl methyl sites for hydroxylation is 1. The van der Waals surface area contributed by atoms with Crippen LogP contribution in [0.2, 0.25) is 10.0 Å². The summed E-state index contributed by atoms with van der Waals surface area (Å²) in [5.74, 6) is -0.504. The highest BCUT2D eigenvalue weighted by molar-refractivity contribution is 7.91. The SMILES string of the molecule is Cc1ccc(S(=O)(=O)NCC(=O)Nc2ccc(Cl)c(Cl)c2)s1. The summed E-state index contributed by atoms with van der Waals surface area (Å²) in [7, 11) is -3.68. The van der Waals surface area contributed by atoms with Gasteiger partial charge in [0.05, 0.1) is 16.6 Å². The van der Waals surface area contributed by atoms with E-state index in [1.54, 1.807) is 19.1 Å². The first-order chi connectivity index (χ1) is 10.3. The summed E-state index contributed by atoms with van der Waals surface area (Å²) in [6, 6.07) is 7.80. The minimum Gasteiger partial charge on any atom is -0.325 e. The summed E-state index contributed by atoms with van der Waals surface area (Å²) in [4.78, 5) is 12.7. The molecule has 0 fully saturated rings. The molecule has 1 amide bonds. The molecule has 0 aliphatic rings. The maximum atomic E-state index is 12.0. The van der Waals surface area contributed by atoms with Crippen LogP contribution in [0.5, 0.6) is 0 Å². The van der Waals surface area contributed by atoms with Gasteiger partial charge in [-0.25, -0.2) is 13.1 Å². The second-order valence-corrected chi connectivity index (χ2v) is 8.46. The average molecular weight is 379 g/mol. The number of benzene rings is 1. The van der Waals surface area contributed by atoms with Crippen LogP contribution < -0.4 is 10.0 Å². The molecule has 0 spiro atoms. The second-order valence-electron chi connectivity index (χ2n) is 4.37. The zero-order valence-corrected chi connectivity index (χ0v) is 14.5. The largest absolute Gasteiger partial charge is 0.325 e. The van der Waals surface area contributed by atoms with Crippen LogP contribution in [0.15, 0.2) is 34.5 Å². The van der Waals surface area contributed by atoms with Crippen molar-refractivity contribution >= 4 is 56.2 Å². The molecule has 0 bridgehead atoms. The number of nitrogens with one attached hydrogen (secondary N) is 2. The lowest BCUT2D eigenvalue weighted by atomic mass is 10.3. The Morgan fingerprint density at radius 2 is 1.91 bits per heavy atom. The molecule has 0 saturated heterocycles. The van der Waals surface area contributed by atoms with Crippen molar-refractivity contribution in [3.63, 3.8) is 0 Å². The van der Waals surface area contributed by atoms with Gasteiger partial charge in [0.1, 0.15) is 4.21 Å². The third kappa shape index (κ3) is 4.44. The monoisotopic (exact) mass is 378 g/mol. The van der Waals surface area contributed by atoms with E-state index in [1.165, 1.54) is 18.2 Å². The molecule has 5 nitrogen and oxygen atoms in total. The third-order valence-electron chi connectivity index (χ3n) is 2.61. The summed E-state index contributed by atoms with van der Waals surface area (Å²) in [5, 5.41) is 3.20. The Hall–Kier alpha value is -1.12. The number of hydrogen-bond donors (Lipinski definition) is 2. The quantitative estimate of drug-likeness (QED) is 0.837. The first-order valence-electron chi connectivity index (χ1n) is 6.09. The Morgan fingerprint density at radius 1 is 1.18 bits per heavy atom. The first kappa shape index (κ1) is 17.2. The van der Waals surface area contributed by atoms with E-state index in [0.717, 1.165) is 16.2 Å². The summed E-state index contributed by atoms with van der Waals surface area (Å²) in [6.45, 7) is 1.43. The molecular weight excluding hydrogens is 367 g/mol. The number of thiophene rings is 1. The highest BCUT2D eigenvalue weighted by Crippen LogP contribution is 2.25. The molecule has 0 atom stereocenters. The van der Waals surface area contributed by atoms with Gasteiger partial charge in [0.15, 0.2) is 0 Å². The number of carbonyl (C=O) groups excluding carboxylic acids is 1. The molecule has 0 saturated carbocycles. The van der Waals surface area contributed by atoms with Crippen molar-refractivity contribution in [2.45, 2.75) is 11.1 Å². The second kappa shape index (κ2) is 6.97. The molecule has 9 heteroatoms. The number of sulfonamides is 1. The predicted octanol–water partition coefficient (Wildman–Crippen LogP) is 3.28.